The highest BCUT2D eigenvalue weighted by Gasteiger charge is 2.18. The Morgan fingerprint density at radius 1 is 1.26 bits per heavy atom. The average Bonchev–Trinajstić information content (AvgIpc) is 2.49. The van der Waals surface area contributed by atoms with Crippen LogP contribution in [0.2, 0.25) is 0 Å². The first-order chi connectivity index (χ1) is 9.31. The molecule has 19 heavy (non-hydrogen) atoms. The fraction of sp³-hybridized carbons (Fsp3) is 0.533. The maximum Gasteiger partial charge on any atom is 0.119 e. The van der Waals surface area contributed by atoms with E-state index in [1.807, 2.05) is 12.1 Å². The van der Waals surface area contributed by atoms with Gasteiger partial charge >= 0.3 is 0 Å². The number of rotatable bonds is 5. The number of methoxy groups -OCH3 is 1. The van der Waals surface area contributed by atoms with Crippen molar-refractivity contribution in [1.29, 1.82) is 5.26 Å². The highest BCUT2D eigenvalue weighted by Crippen LogP contribution is 2.14. The summed E-state index contributed by atoms with van der Waals surface area (Å²) in [5.41, 5.74) is 0.661. The molecule has 0 unspecified atom stereocenters. The second kappa shape index (κ2) is 7.13. The second-order valence-corrected chi connectivity index (χ2v) is 4.76. The van der Waals surface area contributed by atoms with E-state index in [0.717, 1.165) is 38.2 Å². The normalized spacial score (nSPS) is 17.1. The molecule has 0 aliphatic carbocycles. The SMILES string of the molecule is COC1CCN(CCOc2ccc(C#N)cc2)CC1. The Bertz CT molecular complexity index is 417. The lowest BCUT2D eigenvalue weighted by molar-refractivity contribution is 0.0375. The summed E-state index contributed by atoms with van der Waals surface area (Å²) >= 11 is 0. The van der Waals surface area contributed by atoms with E-state index < -0.39 is 0 Å². The van der Waals surface area contributed by atoms with Crippen LogP contribution in [-0.2, 0) is 4.74 Å². The standard InChI is InChI=1S/C15H20N2O2/c1-18-14-6-8-17(9-7-14)10-11-19-15-4-2-13(12-16)3-5-15/h2-5,14H,6-11H2,1H3. The average molecular weight is 260 g/mol. The Hall–Kier alpha value is -1.57. The van der Waals surface area contributed by atoms with Gasteiger partial charge in [-0.05, 0) is 37.1 Å². The molecule has 4 nitrogen and oxygen atoms in total. The number of nitrogens with zero attached hydrogens (tertiary/aromatic N) is 2. The summed E-state index contributed by atoms with van der Waals surface area (Å²) in [7, 11) is 1.79. The minimum Gasteiger partial charge on any atom is -0.492 e. The molecule has 0 bridgehead atoms. The number of nitriles is 1. The fourth-order valence-corrected chi connectivity index (χ4v) is 2.29. The number of hydrogen-bond acceptors (Lipinski definition) is 4. The highest BCUT2D eigenvalue weighted by molar-refractivity contribution is 5.34. The zero-order chi connectivity index (χ0) is 13.5. The third-order valence-electron chi connectivity index (χ3n) is 3.53. The first-order valence-electron chi connectivity index (χ1n) is 6.70. The van der Waals surface area contributed by atoms with E-state index in [-0.39, 0.29) is 0 Å². The molecule has 1 aliphatic rings. The fourth-order valence-electron chi connectivity index (χ4n) is 2.29. The highest BCUT2D eigenvalue weighted by atomic mass is 16.5. The molecule has 1 aromatic carbocycles. The quantitative estimate of drug-likeness (QED) is 0.813. The van der Waals surface area contributed by atoms with Crippen molar-refractivity contribution in [1.82, 2.24) is 4.90 Å². The van der Waals surface area contributed by atoms with Crippen molar-refractivity contribution in [2.75, 3.05) is 33.4 Å². The van der Waals surface area contributed by atoms with E-state index in [4.69, 9.17) is 14.7 Å². The molecular formula is C15H20N2O2. The van der Waals surface area contributed by atoms with Crippen molar-refractivity contribution in [3.8, 4) is 11.8 Å². The first kappa shape index (κ1) is 13.9. The molecule has 1 heterocycles. The third kappa shape index (κ3) is 4.23. The second-order valence-electron chi connectivity index (χ2n) is 4.76. The van der Waals surface area contributed by atoms with E-state index >= 15 is 0 Å². The van der Waals surface area contributed by atoms with Crippen LogP contribution in [-0.4, -0.2) is 44.4 Å². The molecule has 1 aliphatic heterocycles. The van der Waals surface area contributed by atoms with Gasteiger partial charge in [-0.15, -0.1) is 0 Å². The Balaban J connectivity index is 1.68. The van der Waals surface area contributed by atoms with Crippen LogP contribution in [0.4, 0.5) is 0 Å². The van der Waals surface area contributed by atoms with Crippen LogP contribution in [0.5, 0.6) is 5.75 Å². The van der Waals surface area contributed by atoms with Gasteiger partial charge in [0.15, 0.2) is 0 Å². The zero-order valence-electron chi connectivity index (χ0n) is 11.3. The lowest BCUT2D eigenvalue weighted by Gasteiger charge is -2.30. The summed E-state index contributed by atoms with van der Waals surface area (Å²) in [4.78, 5) is 2.40. The lowest BCUT2D eigenvalue weighted by atomic mass is 10.1. The molecule has 0 spiro atoms. The van der Waals surface area contributed by atoms with E-state index in [0.29, 0.717) is 18.3 Å². The van der Waals surface area contributed by atoms with Crippen LogP contribution in [0, 0.1) is 11.3 Å². The van der Waals surface area contributed by atoms with Crippen LogP contribution in [0.25, 0.3) is 0 Å². The van der Waals surface area contributed by atoms with Crippen LogP contribution in [0.1, 0.15) is 18.4 Å². The molecule has 0 radical (unpaired) electrons. The van der Waals surface area contributed by atoms with Gasteiger partial charge in [0.05, 0.1) is 17.7 Å². The van der Waals surface area contributed by atoms with Gasteiger partial charge in [0.1, 0.15) is 12.4 Å². The Labute approximate surface area is 114 Å². The molecule has 1 saturated heterocycles. The smallest absolute Gasteiger partial charge is 0.119 e. The topological polar surface area (TPSA) is 45.5 Å². The van der Waals surface area contributed by atoms with Crippen LogP contribution in [0.3, 0.4) is 0 Å². The summed E-state index contributed by atoms with van der Waals surface area (Å²) in [5.74, 6) is 0.825. The van der Waals surface area contributed by atoms with Gasteiger partial charge < -0.3 is 9.47 Å². The van der Waals surface area contributed by atoms with Crippen molar-refractivity contribution in [3.05, 3.63) is 29.8 Å². The Morgan fingerprint density at radius 3 is 2.53 bits per heavy atom. The summed E-state index contributed by atoms with van der Waals surface area (Å²) in [6.45, 7) is 3.78. The number of ether oxygens (including phenoxy) is 2. The van der Waals surface area contributed by atoms with Crippen molar-refractivity contribution < 1.29 is 9.47 Å². The van der Waals surface area contributed by atoms with Gasteiger partial charge in [-0.2, -0.15) is 5.26 Å². The molecule has 4 heteroatoms. The van der Waals surface area contributed by atoms with Crippen LogP contribution < -0.4 is 4.74 Å². The van der Waals surface area contributed by atoms with Crippen molar-refractivity contribution in [3.63, 3.8) is 0 Å². The van der Waals surface area contributed by atoms with Gasteiger partial charge in [0.2, 0.25) is 0 Å². The van der Waals surface area contributed by atoms with Crippen molar-refractivity contribution >= 4 is 0 Å². The summed E-state index contributed by atoms with van der Waals surface area (Å²) in [5, 5.41) is 8.71. The van der Waals surface area contributed by atoms with Gasteiger partial charge in [0.25, 0.3) is 0 Å². The summed E-state index contributed by atoms with van der Waals surface area (Å²) < 4.78 is 11.0. The minimum atomic E-state index is 0.427. The molecule has 1 fully saturated rings. The van der Waals surface area contributed by atoms with E-state index in [2.05, 4.69) is 11.0 Å². The van der Waals surface area contributed by atoms with Crippen LogP contribution >= 0.6 is 0 Å². The molecule has 0 amide bonds. The number of hydrogen-bond donors (Lipinski definition) is 0. The van der Waals surface area contributed by atoms with Gasteiger partial charge in [-0.1, -0.05) is 0 Å². The third-order valence-corrected chi connectivity index (χ3v) is 3.53. The predicted octanol–water partition coefficient (Wildman–Crippen LogP) is 2.05. The largest absolute Gasteiger partial charge is 0.492 e. The lowest BCUT2D eigenvalue weighted by Crippen LogP contribution is -2.38. The Kier molecular flexibility index (Phi) is 5.20. The maximum absolute atomic E-state index is 8.71. The van der Waals surface area contributed by atoms with E-state index in [9.17, 15) is 0 Å². The molecule has 0 atom stereocenters. The molecule has 2 rings (SSSR count). The first-order valence-corrected chi connectivity index (χ1v) is 6.70. The van der Waals surface area contributed by atoms with E-state index in [1.165, 1.54) is 0 Å². The molecule has 0 N–H and O–H groups in total. The molecule has 102 valence electrons. The number of likely N-dealkylation sites (tertiary alicyclic amines) is 1. The van der Waals surface area contributed by atoms with Gasteiger partial charge in [-0.3, -0.25) is 4.90 Å². The maximum atomic E-state index is 8.71. The molecule has 0 aromatic heterocycles. The summed E-state index contributed by atoms with van der Waals surface area (Å²) in [6.07, 6.45) is 2.64. The van der Waals surface area contributed by atoms with Gasteiger partial charge in [-0.25, -0.2) is 0 Å². The molecule has 1 aromatic rings. The van der Waals surface area contributed by atoms with Gasteiger partial charge in [0, 0.05) is 26.7 Å². The van der Waals surface area contributed by atoms with E-state index in [1.54, 1.807) is 19.2 Å². The molecule has 0 saturated carbocycles. The summed E-state index contributed by atoms with van der Waals surface area (Å²) in [6, 6.07) is 9.34. The predicted molar refractivity (Wildman–Crippen MR) is 73.1 cm³/mol. The number of piperidine rings is 1. The van der Waals surface area contributed by atoms with Crippen LogP contribution in [0.15, 0.2) is 24.3 Å². The van der Waals surface area contributed by atoms with Crippen molar-refractivity contribution in [2.45, 2.75) is 18.9 Å². The number of benzene rings is 1. The zero-order valence-corrected chi connectivity index (χ0v) is 11.3. The Morgan fingerprint density at radius 2 is 1.95 bits per heavy atom. The molecular weight excluding hydrogens is 240 g/mol. The monoisotopic (exact) mass is 260 g/mol. The minimum absolute atomic E-state index is 0.427. The van der Waals surface area contributed by atoms with Crippen molar-refractivity contribution in [2.24, 2.45) is 0 Å².